The number of hydrogen-bond acceptors (Lipinski definition) is 4. The van der Waals surface area contributed by atoms with E-state index in [2.05, 4.69) is 10.6 Å². The average molecular weight is 462 g/mol. The second-order valence-electron chi connectivity index (χ2n) is 9.12. The maximum absolute atomic E-state index is 14.9. The highest BCUT2D eigenvalue weighted by Gasteiger charge is 2.32. The van der Waals surface area contributed by atoms with E-state index in [9.17, 15) is 18.8 Å². The number of anilines is 1. The fourth-order valence-corrected chi connectivity index (χ4v) is 4.62. The second kappa shape index (κ2) is 12.1. The molecule has 0 spiro atoms. The summed E-state index contributed by atoms with van der Waals surface area (Å²) in [5.41, 5.74) is 0.723. The molecule has 3 amide bonds. The molecule has 1 heterocycles. The average Bonchev–Trinajstić information content (AvgIpc) is 2.84. The van der Waals surface area contributed by atoms with Crippen LogP contribution < -0.4 is 10.6 Å². The third-order valence-corrected chi connectivity index (χ3v) is 6.72. The number of carbonyl (C=O) groups is 3. The third kappa shape index (κ3) is 7.00. The van der Waals surface area contributed by atoms with Crippen molar-refractivity contribution in [2.24, 2.45) is 5.92 Å². The highest BCUT2D eigenvalue weighted by atomic mass is 19.1. The number of amides is 3. The summed E-state index contributed by atoms with van der Waals surface area (Å²) < 4.78 is 20.2. The van der Waals surface area contributed by atoms with Gasteiger partial charge >= 0.3 is 0 Å². The molecule has 7 nitrogen and oxygen atoms in total. The Hall–Kier alpha value is -2.48. The van der Waals surface area contributed by atoms with Crippen molar-refractivity contribution in [3.63, 3.8) is 0 Å². The van der Waals surface area contributed by atoms with Crippen LogP contribution in [0.2, 0.25) is 0 Å². The molecule has 2 aliphatic rings. The summed E-state index contributed by atoms with van der Waals surface area (Å²) in [5, 5.41) is 5.51. The normalized spacial score (nSPS) is 18.9. The molecule has 0 bridgehead atoms. The number of morpholine rings is 1. The van der Waals surface area contributed by atoms with Crippen molar-refractivity contribution in [1.82, 2.24) is 10.2 Å². The molecule has 33 heavy (non-hydrogen) atoms. The Morgan fingerprint density at radius 2 is 1.82 bits per heavy atom. The molecule has 1 aromatic carbocycles. The van der Waals surface area contributed by atoms with Crippen LogP contribution in [-0.2, 0) is 19.1 Å². The summed E-state index contributed by atoms with van der Waals surface area (Å²) in [4.78, 5) is 39.3. The van der Waals surface area contributed by atoms with Gasteiger partial charge in [-0.15, -0.1) is 0 Å². The molecule has 2 fully saturated rings. The Morgan fingerprint density at radius 1 is 1.12 bits per heavy atom. The van der Waals surface area contributed by atoms with Crippen molar-refractivity contribution in [1.29, 1.82) is 0 Å². The van der Waals surface area contributed by atoms with E-state index in [-0.39, 0.29) is 29.8 Å². The van der Waals surface area contributed by atoms with E-state index >= 15 is 0 Å². The fraction of sp³-hybridized carbons (Fsp3) is 0.640. The summed E-state index contributed by atoms with van der Waals surface area (Å²) >= 11 is 0. The zero-order chi connectivity index (χ0) is 23.8. The molecule has 1 aliphatic heterocycles. The molecule has 1 aliphatic carbocycles. The minimum atomic E-state index is -0.804. The van der Waals surface area contributed by atoms with Gasteiger partial charge in [0.1, 0.15) is 11.9 Å². The van der Waals surface area contributed by atoms with E-state index < -0.39 is 17.8 Å². The number of carbonyl (C=O) groups excluding carboxylic acids is 3. The zero-order valence-corrected chi connectivity index (χ0v) is 19.7. The molecule has 1 aromatic rings. The molecular weight excluding hydrogens is 425 g/mol. The molecule has 182 valence electrons. The van der Waals surface area contributed by atoms with E-state index in [1.165, 1.54) is 18.6 Å². The number of benzene rings is 1. The van der Waals surface area contributed by atoms with E-state index in [1.54, 1.807) is 24.8 Å². The van der Waals surface area contributed by atoms with Gasteiger partial charge in [0.15, 0.2) is 0 Å². The Kier molecular flexibility index (Phi) is 9.23. The van der Waals surface area contributed by atoms with Crippen molar-refractivity contribution in [2.75, 3.05) is 31.6 Å². The van der Waals surface area contributed by atoms with Gasteiger partial charge in [0.25, 0.3) is 0 Å². The first kappa shape index (κ1) is 25.1. The largest absolute Gasteiger partial charge is 0.378 e. The molecule has 2 N–H and O–H groups in total. The molecule has 8 heteroatoms. The lowest BCUT2D eigenvalue weighted by atomic mass is 9.87. The first-order valence-corrected chi connectivity index (χ1v) is 12.1. The number of halogens is 1. The third-order valence-electron chi connectivity index (χ3n) is 6.72. The minimum absolute atomic E-state index is 0.139. The van der Waals surface area contributed by atoms with Gasteiger partial charge in [-0.1, -0.05) is 39.2 Å². The number of ether oxygens (including phenoxy) is 1. The Bertz CT molecular complexity index is 835. The van der Waals surface area contributed by atoms with Crippen LogP contribution in [0.4, 0.5) is 10.1 Å². The van der Waals surface area contributed by atoms with Crippen molar-refractivity contribution < 1.29 is 23.5 Å². The Balaban J connectivity index is 1.69. The smallest absolute Gasteiger partial charge is 0.245 e. The van der Waals surface area contributed by atoms with Gasteiger partial charge in [-0.2, -0.15) is 0 Å². The van der Waals surface area contributed by atoms with Crippen LogP contribution in [0, 0.1) is 11.7 Å². The van der Waals surface area contributed by atoms with Crippen LogP contribution in [0.1, 0.15) is 70.3 Å². The van der Waals surface area contributed by atoms with Crippen LogP contribution in [-0.4, -0.2) is 55.0 Å². The van der Waals surface area contributed by atoms with Gasteiger partial charge in [-0.25, -0.2) is 4.39 Å². The first-order chi connectivity index (χ1) is 15.9. The monoisotopic (exact) mass is 461 g/mol. The number of nitrogens with zero attached hydrogens (tertiary/aromatic N) is 1. The Labute approximate surface area is 195 Å². The van der Waals surface area contributed by atoms with E-state index in [0.717, 1.165) is 25.7 Å². The Morgan fingerprint density at radius 3 is 2.45 bits per heavy atom. The highest BCUT2D eigenvalue weighted by molar-refractivity contribution is 5.91. The maximum atomic E-state index is 14.9. The first-order valence-electron chi connectivity index (χ1n) is 12.1. The van der Waals surface area contributed by atoms with Gasteiger partial charge in [0.05, 0.1) is 18.9 Å². The molecule has 0 unspecified atom stereocenters. The quantitative estimate of drug-likeness (QED) is 0.619. The second-order valence-corrected chi connectivity index (χ2v) is 9.12. The summed E-state index contributed by atoms with van der Waals surface area (Å²) in [5.74, 6) is -1.22. The summed E-state index contributed by atoms with van der Waals surface area (Å²) in [7, 11) is 0. The lowest BCUT2D eigenvalue weighted by Gasteiger charge is -2.33. The predicted octanol–water partition coefficient (Wildman–Crippen LogP) is 3.59. The standard InChI is InChI=1S/C25H36FN3O4/c1-3-22(30)28-24(25(32)29-11-13-33-14-12-29)17(2)19-9-10-21(20(26)16-19)27-23(31)15-18-7-5-4-6-8-18/h9-10,16-18,24H,3-8,11-15H2,1-2H3,(H,27,31)(H,28,30)/t17-,24+/m0/s1. The molecule has 1 saturated carbocycles. The topological polar surface area (TPSA) is 87.7 Å². The molecule has 3 rings (SSSR count). The lowest BCUT2D eigenvalue weighted by Crippen LogP contribution is -2.53. The van der Waals surface area contributed by atoms with Crippen LogP contribution in [0.15, 0.2) is 18.2 Å². The minimum Gasteiger partial charge on any atom is -0.378 e. The fourth-order valence-electron chi connectivity index (χ4n) is 4.62. The van der Waals surface area contributed by atoms with Crippen molar-refractivity contribution in [3.05, 3.63) is 29.6 Å². The van der Waals surface area contributed by atoms with Crippen LogP contribution in [0.3, 0.4) is 0 Å². The maximum Gasteiger partial charge on any atom is 0.245 e. The van der Waals surface area contributed by atoms with Crippen molar-refractivity contribution in [2.45, 2.75) is 70.8 Å². The zero-order valence-electron chi connectivity index (χ0n) is 19.7. The van der Waals surface area contributed by atoms with Gasteiger partial charge < -0.3 is 20.3 Å². The van der Waals surface area contributed by atoms with Crippen molar-refractivity contribution in [3.8, 4) is 0 Å². The molecule has 1 saturated heterocycles. The highest BCUT2D eigenvalue weighted by Crippen LogP contribution is 2.28. The van der Waals surface area contributed by atoms with Crippen LogP contribution in [0.5, 0.6) is 0 Å². The van der Waals surface area contributed by atoms with Gasteiger partial charge in [-0.3, -0.25) is 14.4 Å². The van der Waals surface area contributed by atoms with Gasteiger partial charge in [0, 0.05) is 31.8 Å². The number of nitrogens with one attached hydrogen (secondary N) is 2. The van der Waals surface area contributed by atoms with Gasteiger partial charge in [0.2, 0.25) is 17.7 Å². The van der Waals surface area contributed by atoms with Crippen LogP contribution >= 0.6 is 0 Å². The molecule has 0 radical (unpaired) electrons. The van der Waals surface area contributed by atoms with Gasteiger partial charge in [-0.05, 0) is 36.5 Å². The SMILES string of the molecule is CCC(=O)N[C@@H](C(=O)N1CCOCC1)[C@@H](C)c1ccc(NC(=O)CC2CCCCC2)c(F)c1. The van der Waals surface area contributed by atoms with E-state index in [0.29, 0.717) is 44.2 Å². The van der Waals surface area contributed by atoms with Crippen molar-refractivity contribution >= 4 is 23.4 Å². The van der Waals surface area contributed by atoms with E-state index in [4.69, 9.17) is 4.74 Å². The summed E-state index contributed by atoms with van der Waals surface area (Å²) in [6.45, 7) is 5.36. The molecule has 0 aromatic heterocycles. The molecular formula is C25H36FN3O4. The summed E-state index contributed by atoms with van der Waals surface area (Å²) in [6.07, 6.45) is 6.29. The van der Waals surface area contributed by atoms with Crippen LogP contribution in [0.25, 0.3) is 0 Å². The predicted molar refractivity (Wildman–Crippen MR) is 124 cm³/mol. The van der Waals surface area contributed by atoms with E-state index in [1.807, 2.05) is 0 Å². The number of rotatable bonds is 8. The summed E-state index contributed by atoms with van der Waals surface area (Å²) in [6, 6.07) is 3.79. The number of hydrogen-bond donors (Lipinski definition) is 2. The molecule has 2 atom stereocenters. The lowest BCUT2D eigenvalue weighted by molar-refractivity contribution is -0.140.